The molecule has 26 heavy (non-hydrogen) atoms. The lowest BCUT2D eigenvalue weighted by Crippen LogP contribution is -2.47. The number of hydrogen-bond donors (Lipinski definition) is 1. The van der Waals surface area contributed by atoms with Crippen molar-refractivity contribution in [3.63, 3.8) is 0 Å². The van der Waals surface area contributed by atoms with Gasteiger partial charge in [0, 0.05) is 29.6 Å². The average Bonchev–Trinajstić information content (AvgIpc) is 3.18. The van der Waals surface area contributed by atoms with Crippen LogP contribution in [0.2, 0.25) is 0 Å². The van der Waals surface area contributed by atoms with Gasteiger partial charge >= 0.3 is 5.97 Å². The Morgan fingerprint density at radius 1 is 1.23 bits per heavy atom. The molecule has 3 rings (SSSR count). The summed E-state index contributed by atoms with van der Waals surface area (Å²) in [6, 6.07) is 6.60. The van der Waals surface area contributed by atoms with Gasteiger partial charge in [-0.3, -0.25) is 19.3 Å². The second-order valence-corrected chi connectivity index (χ2v) is 7.00. The zero-order valence-corrected chi connectivity index (χ0v) is 15.2. The summed E-state index contributed by atoms with van der Waals surface area (Å²) < 4.78 is 5.74. The molecule has 2 heterocycles. The Hall–Kier alpha value is -2.74. The fourth-order valence-electron chi connectivity index (χ4n) is 3.00. The SMILES string of the molecule is COC(=O)c1sc2ccccc2c1CNC(=O)C(C)N1C(=O)CCC1=O. The van der Waals surface area contributed by atoms with E-state index >= 15 is 0 Å². The lowest BCUT2D eigenvalue weighted by Gasteiger charge is -2.21. The fraction of sp³-hybridized carbons (Fsp3) is 0.333. The number of carbonyl (C=O) groups excluding carboxylic acids is 4. The molecule has 1 N–H and O–H groups in total. The van der Waals surface area contributed by atoms with Gasteiger partial charge in [0.25, 0.3) is 0 Å². The smallest absolute Gasteiger partial charge is 0.348 e. The van der Waals surface area contributed by atoms with Crippen molar-refractivity contribution in [2.45, 2.75) is 32.4 Å². The third-order valence-electron chi connectivity index (χ3n) is 4.37. The van der Waals surface area contributed by atoms with Gasteiger partial charge in [-0.15, -0.1) is 11.3 Å². The average molecular weight is 374 g/mol. The summed E-state index contributed by atoms with van der Waals surface area (Å²) in [6.45, 7) is 1.62. The number of thiophene rings is 1. The number of imide groups is 1. The van der Waals surface area contributed by atoms with Gasteiger partial charge in [-0.2, -0.15) is 0 Å². The third-order valence-corrected chi connectivity index (χ3v) is 5.56. The van der Waals surface area contributed by atoms with Crippen molar-refractivity contribution in [2.75, 3.05) is 7.11 Å². The van der Waals surface area contributed by atoms with E-state index in [0.29, 0.717) is 10.4 Å². The van der Waals surface area contributed by atoms with E-state index in [0.717, 1.165) is 15.0 Å². The normalized spacial score (nSPS) is 15.4. The van der Waals surface area contributed by atoms with E-state index in [2.05, 4.69) is 5.32 Å². The highest BCUT2D eigenvalue weighted by Crippen LogP contribution is 2.31. The molecule has 0 radical (unpaired) electrons. The van der Waals surface area contributed by atoms with Crippen LogP contribution in [0.15, 0.2) is 24.3 Å². The molecule has 1 aliphatic rings. The monoisotopic (exact) mass is 374 g/mol. The van der Waals surface area contributed by atoms with Crippen LogP contribution in [0.1, 0.15) is 35.0 Å². The second kappa shape index (κ2) is 7.25. The number of amides is 3. The molecule has 136 valence electrons. The van der Waals surface area contributed by atoms with E-state index in [1.807, 2.05) is 24.3 Å². The highest BCUT2D eigenvalue weighted by atomic mass is 32.1. The number of ether oxygens (including phenoxy) is 1. The number of nitrogens with zero attached hydrogens (tertiary/aromatic N) is 1. The van der Waals surface area contributed by atoms with Crippen molar-refractivity contribution in [3.8, 4) is 0 Å². The predicted octanol–water partition coefficient (Wildman–Crippen LogP) is 1.84. The van der Waals surface area contributed by atoms with E-state index in [9.17, 15) is 19.2 Å². The number of hydrogen-bond acceptors (Lipinski definition) is 6. The quantitative estimate of drug-likeness (QED) is 0.637. The molecule has 0 spiro atoms. The fourth-order valence-corrected chi connectivity index (χ4v) is 4.14. The summed E-state index contributed by atoms with van der Waals surface area (Å²) in [7, 11) is 1.31. The molecule has 8 heteroatoms. The summed E-state index contributed by atoms with van der Waals surface area (Å²) in [5.41, 5.74) is 0.664. The number of rotatable bonds is 5. The summed E-state index contributed by atoms with van der Waals surface area (Å²) in [5, 5.41) is 3.59. The van der Waals surface area contributed by atoms with Crippen LogP contribution in [0.3, 0.4) is 0 Å². The molecule has 2 aromatic rings. The Kier molecular flexibility index (Phi) is 5.03. The first kappa shape index (κ1) is 18.1. The lowest BCUT2D eigenvalue weighted by molar-refractivity contribution is -0.146. The highest BCUT2D eigenvalue weighted by molar-refractivity contribution is 7.21. The van der Waals surface area contributed by atoms with Crippen LogP contribution >= 0.6 is 11.3 Å². The Morgan fingerprint density at radius 3 is 2.54 bits per heavy atom. The minimum atomic E-state index is -0.885. The van der Waals surface area contributed by atoms with Crippen molar-refractivity contribution >= 4 is 45.1 Å². The van der Waals surface area contributed by atoms with Gasteiger partial charge in [-0.05, 0) is 18.4 Å². The van der Waals surface area contributed by atoms with Crippen molar-refractivity contribution in [1.29, 1.82) is 0 Å². The van der Waals surface area contributed by atoms with Crippen molar-refractivity contribution in [3.05, 3.63) is 34.7 Å². The van der Waals surface area contributed by atoms with Crippen LogP contribution < -0.4 is 5.32 Å². The number of nitrogens with one attached hydrogen (secondary N) is 1. The summed E-state index contributed by atoms with van der Waals surface area (Å²) >= 11 is 1.30. The zero-order valence-electron chi connectivity index (χ0n) is 14.4. The van der Waals surface area contributed by atoms with Gasteiger partial charge in [0.05, 0.1) is 7.11 Å². The number of methoxy groups -OCH3 is 1. The van der Waals surface area contributed by atoms with Gasteiger partial charge < -0.3 is 10.1 Å². The number of esters is 1. The molecule has 7 nitrogen and oxygen atoms in total. The number of likely N-dealkylation sites (tertiary alicyclic amines) is 1. The predicted molar refractivity (Wildman–Crippen MR) is 95.6 cm³/mol. The van der Waals surface area contributed by atoms with Gasteiger partial charge in [0.1, 0.15) is 10.9 Å². The molecular weight excluding hydrogens is 356 g/mol. The molecule has 0 saturated carbocycles. The first-order chi connectivity index (χ1) is 12.4. The molecule has 0 aliphatic carbocycles. The number of fused-ring (bicyclic) bond motifs is 1. The van der Waals surface area contributed by atoms with Crippen LogP contribution in [-0.2, 0) is 25.7 Å². The molecule has 1 unspecified atom stereocenters. The van der Waals surface area contributed by atoms with Gasteiger partial charge in [0.2, 0.25) is 17.7 Å². The van der Waals surface area contributed by atoms with E-state index in [4.69, 9.17) is 4.74 Å². The van der Waals surface area contributed by atoms with Gasteiger partial charge in [0.15, 0.2) is 0 Å². The maximum absolute atomic E-state index is 12.4. The minimum Gasteiger partial charge on any atom is -0.465 e. The number of carbonyl (C=O) groups is 4. The third kappa shape index (κ3) is 3.20. The molecule has 3 amide bonds. The van der Waals surface area contributed by atoms with Crippen molar-refractivity contribution in [2.24, 2.45) is 0 Å². The largest absolute Gasteiger partial charge is 0.465 e. The minimum absolute atomic E-state index is 0.105. The van der Waals surface area contributed by atoms with E-state index in [-0.39, 0.29) is 31.2 Å². The van der Waals surface area contributed by atoms with E-state index in [1.165, 1.54) is 25.4 Å². The molecule has 1 aromatic heterocycles. The Bertz CT molecular complexity index is 888. The maximum atomic E-state index is 12.4. The molecule has 1 fully saturated rings. The zero-order chi connectivity index (χ0) is 18.8. The summed E-state index contributed by atoms with van der Waals surface area (Å²) in [5.74, 6) is -1.59. The van der Waals surface area contributed by atoms with E-state index < -0.39 is 17.9 Å². The van der Waals surface area contributed by atoms with Gasteiger partial charge in [-0.25, -0.2) is 4.79 Å². The molecule has 0 bridgehead atoms. The van der Waals surface area contributed by atoms with Crippen LogP contribution in [0.25, 0.3) is 10.1 Å². The molecule has 1 aromatic carbocycles. The Morgan fingerprint density at radius 2 is 1.88 bits per heavy atom. The van der Waals surface area contributed by atoms with Crippen LogP contribution in [0, 0.1) is 0 Å². The lowest BCUT2D eigenvalue weighted by atomic mass is 10.1. The Balaban J connectivity index is 1.81. The standard InChI is InChI=1S/C18H18N2O5S/c1-10(20-14(21)7-8-15(20)22)17(23)19-9-12-11-5-3-4-6-13(11)26-16(12)18(24)25-2/h3-6,10H,7-9H2,1-2H3,(H,19,23). The van der Waals surface area contributed by atoms with E-state index in [1.54, 1.807) is 0 Å². The van der Waals surface area contributed by atoms with Gasteiger partial charge in [-0.1, -0.05) is 18.2 Å². The maximum Gasteiger partial charge on any atom is 0.348 e. The molecule has 1 saturated heterocycles. The van der Waals surface area contributed by atoms with Crippen molar-refractivity contribution < 1.29 is 23.9 Å². The highest BCUT2D eigenvalue weighted by Gasteiger charge is 2.36. The summed E-state index contributed by atoms with van der Waals surface area (Å²) in [4.78, 5) is 49.5. The molecular formula is C18H18N2O5S. The Labute approximate surface area is 153 Å². The van der Waals surface area contributed by atoms with Crippen LogP contribution in [0.4, 0.5) is 0 Å². The van der Waals surface area contributed by atoms with Crippen LogP contribution in [-0.4, -0.2) is 41.7 Å². The first-order valence-electron chi connectivity index (χ1n) is 8.15. The first-order valence-corrected chi connectivity index (χ1v) is 8.97. The number of benzene rings is 1. The molecule has 1 atom stereocenters. The summed E-state index contributed by atoms with van der Waals surface area (Å²) in [6.07, 6.45) is 0.274. The topological polar surface area (TPSA) is 92.8 Å². The molecule has 1 aliphatic heterocycles. The van der Waals surface area contributed by atoms with Crippen LogP contribution in [0.5, 0.6) is 0 Å². The second-order valence-electron chi connectivity index (χ2n) is 5.95. The van der Waals surface area contributed by atoms with Crippen molar-refractivity contribution in [1.82, 2.24) is 10.2 Å².